The highest BCUT2D eigenvalue weighted by molar-refractivity contribution is 6.14. The van der Waals surface area contributed by atoms with E-state index in [4.69, 9.17) is 0 Å². The first-order valence-electron chi connectivity index (χ1n) is 12.1. The van der Waals surface area contributed by atoms with Crippen molar-refractivity contribution >= 4 is 11.5 Å². The van der Waals surface area contributed by atoms with E-state index in [1.54, 1.807) is 0 Å². The first-order valence-corrected chi connectivity index (χ1v) is 12.1. The molecule has 3 heteroatoms. The summed E-state index contributed by atoms with van der Waals surface area (Å²) in [6.07, 6.45) is 4.74. The lowest BCUT2D eigenvalue weighted by Gasteiger charge is -2.44. The average Bonchev–Trinajstić information content (AvgIpc) is 3.10. The molecule has 0 aliphatic carbocycles. The van der Waals surface area contributed by atoms with Gasteiger partial charge in [0.15, 0.2) is 5.78 Å². The number of ketones is 1. The van der Waals surface area contributed by atoms with E-state index in [2.05, 4.69) is 83.1 Å². The SMILES string of the molecule is C=CCN1c2ccccc2C(=O)C12CCN(CCC(c1ccccc1)c1ccccc1)CC2. The molecular weight excluding hydrogens is 404 g/mol. The highest BCUT2D eigenvalue weighted by Crippen LogP contribution is 2.44. The number of para-hydroxylation sites is 1. The summed E-state index contributed by atoms with van der Waals surface area (Å²) in [7, 11) is 0. The maximum absolute atomic E-state index is 13.5. The average molecular weight is 437 g/mol. The predicted molar refractivity (Wildman–Crippen MR) is 136 cm³/mol. The molecule has 3 nitrogen and oxygen atoms in total. The van der Waals surface area contributed by atoms with E-state index >= 15 is 0 Å². The molecule has 1 spiro atoms. The monoisotopic (exact) mass is 436 g/mol. The molecular formula is C30H32N2O. The van der Waals surface area contributed by atoms with Crippen LogP contribution in [0.4, 0.5) is 5.69 Å². The van der Waals surface area contributed by atoms with Crippen LogP contribution in [0.15, 0.2) is 97.6 Å². The molecule has 3 aromatic rings. The molecule has 0 amide bonds. The van der Waals surface area contributed by atoms with E-state index < -0.39 is 5.54 Å². The van der Waals surface area contributed by atoms with E-state index in [0.717, 1.165) is 50.1 Å². The number of carbonyl (C=O) groups excluding carboxylic acids is 1. The molecule has 2 heterocycles. The van der Waals surface area contributed by atoms with Crippen molar-refractivity contribution in [1.82, 2.24) is 4.90 Å². The van der Waals surface area contributed by atoms with Crippen molar-refractivity contribution in [3.05, 3.63) is 114 Å². The van der Waals surface area contributed by atoms with Gasteiger partial charge >= 0.3 is 0 Å². The van der Waals surface area contributed by atoms with Gasteiger partial charge in [0.2, 0.25) is 0 Å². The number of carbonyl (C=O) groups is 1. The maximum atomic E-state index is 13.5. The molecule has 0 atom stereocenters. The molecule has 0 radical (unpaired) electrons. The number of likely N-dealkylation sites (tertiary alicyclic amines) is 1. The molecule has 0 N–H and O–H groups in total. The molecule has 0 aromatic heterocycles. The summed E-state index contributed by atoms with van der Waals surface area (Å²) in [6.45, 7) is 7.60. The number of hydrogen-bond acceptors (Lipinski definition) is 3. The zero-order valence-corrected chi connectivity index (χ0v) is 19.2. The zero-order chi connectivity index (χ0) is 22.7. The number of benzene rings is 3. The Morgan fingerprint density at radius 3 is 2.03 bits per heavy atom. The minimum atomic E-state index is -0.410. The first kappa shape index (κ1) is 21.7. The topological polar surface area (TPSA) is 23.6 Å². The third-order valence-corrected chi connectivity index (χ3v) is 7.51. The fourth-order valence-electron chi connectivity index (χ4n) is 5.76. The second-order valence-corrected chi connectivity index (χ2v) is 9.28. The first-order chi connectivity index (χ1) is 16.2. The van der Waals surface area contributed by atoms with Gasteiger partial charge in [-0.1, -0.05) is 78.9 Å². The molecule has 2 aliphatic rings. The number of fused-ring (bicyclic) bond motifs is 1. The summed E-state index contributed by atoms with van der Waals surface area (Å²) in [5.41, 5.74) is 4.28. The van der Waals surface area contributed by atoms with Gasteiger partial charge in [0.05, 0.1) is 0 Å². The van der Waals surface area contributed by atoms with E-state index in [1.165, 1.54) is 11.1 Å². The Labute approximate surface area is 197 Å². The van der Waals surface area contributed by atoms with Gasteiger partial charge in [-0.2, -0.15) is 0 Å². The van der Waals surface area contributed by atoms with Crippen LogP contribution >= 0.6 is 0 Å². The van der Waals surface area contributed by atoms with Gasteiger partial charge in [0, 0.05) is 36.8 Å². The fraction of sp³-hybridized carbons (Fsp3) is 0.300. The lowest BCUT2D eigenvalue weighted by molar-refractivity contribution is 0.0795. The van der Waals surface area contributed by atoms with Gasteiger partial charge in [-0.05, 0) is 49.1 Å². The van der Waals surface area contributed by atoms with Crippen molar-refractivity contribution in [1.29, 1.82) is 0 Å². The smallest absolute Gasteiger partial charge is 0.190 e. The standard InChI is InChI=1S/C30H32N2O/c1-2-20-32-28-16-10-9-15-27(28)29(33)30(32)18-22-31(23-19-30)21-17-26(24-11-5-3-6-12-24)25-13-7-4-8-14-25/h2-16,26H,1,17-23H2. The summed E-state index contributed by atoms with van der Waals surface area (Å²) in [6, 6.07) is 29.7. The number of piperidine rings is 1. The van der Waals surface area contributed by atoms with Crippen LogP contribution in [-0.2, 0) is 0 Å². The van der Waals surface area contributed by atoms with Gasteiger partial charge < -0.3 is 9.80 Å². The van der Waals surface area contributed by atoms with Crippen LogP contribution in [0.25, 0.3) is 0 Å². The van der Waals surface area contributed by atoms with E-state index in [0.29, 0.717) is 18.2 Å². The molecule has 1 saturated heterocycles. The molecule has 3 aromatic carbocycles. The van der Waals surface area contributed by atoms with Gasteiger partial charge in [-0.25, -0.2) is 0 Å². The van der Waals surface area contributed by atoms with Crippen LogP contribution in [0, 0.1) is 0 Å². The molecule has 168 valence electrons. The fourth-order valence-corrected chi connectivity index (χ4v) is 5.76. The third-order valence-electron chi connectivity index (χ3n) is 7.51. The summed E-state index contributed by atoms with van der Waals surface area (Å²) in [4.78, 5) is 18.4. The number of nitrogens with zero attached hydrogens (tertiary/aromatic N) is 2. The number of hydrogen-bond donors (Lipinski definition) is 0. The minimum absolute atomic E-state index is 0.297. The number of rotatable bonds is 7. The lowest BCUT2D eigenvalue weighted by Crippen LogP contribution is -2.57. The Morgan fingerprint density at radius 2 is 1.42 bits per heavy atom. The Bertz CT molecular complexity index is 1060. The van der Waals surface area contributed by atoms with Crippen LogP contribution in [0.1, 0.15) is 46.7 Å². The molecule has 0 unspecified atom stereocenters. The Hall–Kier alpha value is -3.17. The second kappa shape index (κ2) is 9.36. The van der Waals surface area contributed by atoms with E-state index in [9.17, 15) is 4.79 Å². The molecule has 1 fully saturated rings. The maximum Gasteiger partial charge on any atom is 0.190 e. The Morgan fingerprint density at radius 1 is 0.848 bits per heavy atom. The largest absolute Gasteiger partial charge is 0.354 e. The molecule has 0 saturated carbocycles. The summed E-state index contributed by atoms with van der Waals surface area (Å²) in [5.74, 6) is 0.684. The van der Waals surface area contributed by atoms with Crippen LogP contribution in [0.5, 0.6) is 0 Å². The molecule has 33 heavy (non-hydrogen) atoms. The molecule has 5 rings (SSSR count). The van der Waals surface area contributed by atoms with Gasteiger partial charge in [-0.3, -0.25) is 4.79 Å². The summed E-state index contributed by atoms with van der Waals surface area (Å²) in [5, 5.41) is 0. The Balaban J connectivity index is 1.29. The summed E-state index contributed by atoms with van der Waals surface area (Å²) >= 11 is 0. The van der Waals surface area contributed by atoms with Crippen LogP contribution < -0.4 is 4.90 Å². The quantitative estimate of drug-likeness (QED) is 0.429. The normalized spacial score (nSPS) is 17.5. The minimum Gasteiger partial charge on any atom is -0.354 e. The van der Waals surface area contributed by atoms with Crippen molar-refractivity contribution in [2.24, 2.45) is 0 Å². The van der Waals surface area contributed by atoms with Crippen LogP contribution in [0.2, 0.25) is 0 Å². The second-order valence-electron chi connectivity index (χ2n) is 9.28. The number of Topliss-reactive ketones (excluding diaryl/α,β-unsaturated/α-hetero) is 1. The summed E-state index contributed by atoms with van der Waals surface area (Å²) < 4.78 is 0. The molecule has 0 bridgehead atoms. The van der Waals surface area contributed by atoms with Gasteiger partial charge in [0.1, 0.15) is 5.54 Å². The van der Waals surface area contributed by atoms with Crippen LogP contribution in [0.3, 0.4) is 0 Å². The van der Waals surface area contributed by atoms with E-state index in [1.807, 2.05) is 24.3 Å². The van der Waals surface area contributed by atoms with Gasteiger partial charge in [-0.15, -0.1) is 6.58 Å². The van der Waals surface area contributed by atoms with E-state index in [-0.39, 0.29) is 0 Å². The van der Waals surface area contributed by atoms with Crippen molar-refractivity contribution in [2.45, 2.75) is 30.7 Å². The van der Waals surface area contributed by atoms with Crippen LogP contribution in [-0.4, -0.2) is 42.4 Å². The Kier molecular flexibility index (Phi) is 6.15. The van der Waals surface area contributed by atoms with Crippen molar-refractivity contribution in [2.75, 3.05) is 31.1 Å². The highest BCUT2D eigenvalue weighted by Gasteiger charge is 2.51. The molecule has 2 aliphatic heterocycles. The predicted octanol–water partition coefficient (Wildman–Crippen LogP) is 5.93. The zero-order valence-electron chi connectivity index (χ0n) is 19.2. The van der Waals surface area contributed by atoms with Crippen molar-refractivity contribution < 1.29 is 4.79 Å². The third kappa shape index (κ3) is 4.02. The lowest BCUT2D eigenvalue weighted by atomic mass is 9.82. The van der Waals surface area contributed by atoms with Crippen molar-refractivity contribution in [3.8, 4) is 0 Å². The van der Waals surface area contributed by atoms with Crippen molar-refractivity contribution in [3.63, 3.8) is 0 Å². The number of anilines is 1. The highest BCUT2D eigenvalue weighted by atomic mass is 16.1. The van der Waals surface area contributed by atoms with Gasteiger partial charge in [0.25, 0.3) is 0 Å².